The first-order valence-corrected chi connectivity index (χ1v) is 4.14. The Hall–Kier alpha value is -1.97. The van der Waals surface area contributed by atoms with E-state index in [9.17, 15) is 4.79 Å². The van der Waals surface area contributed by atoms with Gasteiger partial charge in [0.05, 0.1) is 17.3 Å². The summed E-state index contributed by atoms with van der Waals surface area (Å²) in [5.41, 5.74) is 1.92. The van der Waals surface area contributed by atoms with Crippen LogP contribution in [0.1, 0.15) is 15.9 Å². The number of carboxylic acid groups (broad SMARTS) is 1. The molecule has 1 N–H and O–H groups in total. The average Bonchev–Trinajstić information content (AvgIpc) is 2.18. The van der Waals surface area contributed by atoms with Crippen molar-refractivity contribution in [1.29, 1.82) is 0 Å². The number of nitrogens with zero attached hydrogens (tertiary/aromatic N) is 2. The SMILES string of the molecule is Cc1cnnc2ccc(C(=O)O)cc12. The maximum Gasteiger partial charge on any atom is 0.335 e. The lowest BCUT2D eigenvalue weighted by molar-refractivity contribution is 0.0697. The number of aryl methyl sites for hydroxylation is 1. The van der Waals surface area contributed by atoms with Crippen molar-refractivity contribution < 1.29 is 9.90 Å². The molecule has 0 bridgehead atoms. The van der Waals surface area contributed by atoms with Crippen LogP contribution in [-0.4, -0.2) is 21.3 Å². The van der Waals surface area contributed by atoms with E-state index in [1.807, 2.05) is 6.92 Å². The third-order valence-corrected chi connectivity index (χ3v) is 2.09. The van der Waals surface area contributed by atoms with Gasteiger partial charge in [0, 0.05) is 5.39 Å². The molecule has 2 rings (SSSR count). The third kappa shape index (κ3) is 1.31. The van der Waals surface area contributed by atoms with Crippen molar-refractivity contribution in [3.63, 3.8) is 0 Å². The molecule has 1 heterocycles. The van der Waals surface area contributed by atoms with E-state index in [1.165, 1.54) is 6.07 Å². The molecule has 0 radical (unpaired) electrons. The number of carbonyl (C=O) groups is 1. The van der Waals surface area contributed by atoms with Crippen LogP contribution in [-0.2, 0) is 0 Å². The summed E-state index contributed by atoms with van der Waals surface area (Å²) in [5.74, 6) is -0.928. The van der Waals surface area contributed by atoms with E-state index in [0.717, 1.165) is 16.5 Å². The van der Waals surface area contributed by atoms with E-state index in [4.69, 9.17) is 5.11 Å². The Morgan fingerprint density at radius 1 is 1.43 bits per heavy atom. The van der Waals surface area contributed by atoms with E-state index in [2.05, 4.69) is 10.2 Å². The molecule has 14 heavy (non-hydrogen) atoms. The van der Waals surface area contributed by atoms with Crippen LogP contribution in [0, 0.1) is 6.92 Å². The Labute approximate surface area is 80.2 Å². The number of fused-ring (bicyclic) bond motifs is 1. The second kappa shape index (κ2) is 3.06. The minimum Gasteiger partial charge on any atom is -0.478 e. The molecule has 0 saturated heterocycles. The zero-order valence-corrected chi connectivity index (χ0v) is 7.56. The second-order valence-corrected chi connectivity index (χ2v) is 3.06. The molecule has 0 aliphatic heterocycles. The first-order chi connectivity index (χ1) is 6.68. The number of aromatic carboxylic acids is 1. The van der Waals surface area contributed by atoms with Gasteiger partial charge in [0.2, 0.25) is 0 Å². The summed E-state index contributed by atoms with van der Waals surface area (Å²) in [4.78, 5) is 10.7. The molecule has 0 aliphatic rings. The molecule has 0 fully saturated rings. The van der Waals surface area contributed by atoms with Crippen LogP contribution in [0.15, 0.2) is 24.4 Å². The lowest BCUT2D eigenvalue weighted by atomic mass is 10.1. The monoisotopic (exact) mass is 188 g/mol. The predicted molar refractivity (Wildman–Crippen MR) is 51.2 cm³/mol. The van der Waals surface area contributed by atoms with Crippen molar-refractivity contribution in [2.24, 2.45) is 0 Å². The highest BCUT2D eigenvalue weighted by Crippen LogP contribution is 2.16. The Bertz CT molecular complexity index is 508. The van der Waals surface area contributed by atoms with Gasteiger partial charge < -0.3 is 5.11 Å². The summed E-state index contributed by atoms with van der Waals surface area (Å²) in [7, 11) is 0. The van der Waals surface area contributed by atoms with E-state index in [1.54, 1.807) is 18.3 Å². The van der Waals surface area contributed by atoms with Gasteiger partial charge in [0.25, 0.3) is 0 Å². The van der Waals surface area contributed by atoms with Crippen LogP contribution in [0.4, 0.5) is 0 Å². The number of hydrogen-bond acceptors (Lipinski definition) is 3. The van der Waals surface area contributed by atoms with E-state index < -0.39 is 5.97 Å². The topological polar surface area (TPSA) is 63.1 Å². The van der Waals surface area contributed by atoms with Crippen LogP contribution < -0.4 is 0 Å². The second-order valence-electron chi connectivity index (χ2n) is 3.06. The Kier molecular flexibility index (Phi) is 1.89. The summed E-state index contributed by atoms with van der Waals surface area (Å²) in [6, 6.07) is 4.80. The quantitative estimate of drug-likeness (QED) is 0.738. The predicted octanol–water partition coefficient (Wildman–Crippen LogP) is 1.64. The summed E-state index contributed by atoms with van der Waals surface area (Å²) in [6.45, 7) is 1.88. The van der Waals surface area contributed by atoms with Crippen LogP contribution in [0.25, 0.3) is 10.9 Å². The average molecular weight is 188 g/mol. The van der Waals surface area contributed by atoms with Crippen molar-refractivity contribution in [3.05, 3.63) is 35.5 Å². The van der Waals surface area contributed by atoms with Gasteiger partial charge in [-0.25, -0.2) is 4.79 Å². The van der Waals surface area contributed by atoms with Crippen LogP contribution in [0.5, 0.6) is 0 Å². The van der Waals surface area contributed by atoms with E-state index in [-0.39, 0.29) is 5.56 Å². The maximum absolute atomic E-state index is 10.7. The highest BCUT2D eigenvalue weighted by atomic mass is 16.4. The summed E-state index contributed by atoms with van der Waals surface area (Å²) in [6.07, 6.45) is 1.62. The minimum absolute atomic E-state index is 0.272. The maximum atomic E-state index is 10.7. The highest BCUT2D eigenvalue weighted by molar-refractivity contribution is 5.93. The van der Waals surface area contributed by atoms with Gasteiger partial charge in [-0.05, 0) is 30.7 Å². The molecule has 0 unspecified atom stereocenters. The fourth-order valence-electron chi connectivity index (χ4n) is 1.32. The molecule has 0 amide bonds. The fourth-order valence-corrected chi connectivity index (χ4v) is 1.32. The lowest BCUT2D eigenvalue weighted by Gasteiger charge is -2.00. The van der Waals surface area contributed by atoms with Gasteiger partial charge in [-0.2, -0.15) is 10.2 Å². The molecule has 4 heteroatoms. The van der Waals surface area contributed by atoms with E-state index >= 15 is 0 Å². The molecule has 2 aromatic rings. The summed E-state index contributed by atoms with van der Waals surface area (Å²) < 4.78 is 0. The standard InChI is InChI=1S/C10H8N2O2/c1-6-5-11-12-9-3-2-7(10(13)14)4-8(6)9/h2-5H,1H3,(H,13,14). The number of rotatable bonds is 1. The largest absolute Gasteiger partial charge is 0.478 e. The van der Waals surface area contributed by atoms with Crippen molar-refractivity contribution >= 4 is 16.9 Å². The number of aromatic nitrogens is 2. The molecule has 0 saturated carbocycles. The Morgan fingerprint density at radius 3 is 2.93 bits per heavy atom. The Balaban J connectivity index is 2.76. The summed E-state index contributed by atoms with van der Waals surface area (Å²) in [5, 5.41) is 17.3. The third-order valence-electron chi connectivity index (χ3n) is 2.09. The first kappa shape index (κ1) is 8.62. The summed E-state index contributed by atoms with van der Waals surface area (Å²) >= 11 is 0. The molecule has 0 aliphatic carbocycles. The normalized spacial score (nSPS) is 10.4. The van der Waals surface area contributed by atoms with Gasteiger partial charge in [0.1, 0.15) is 0 Å². The van der Waals surface area contributed by atoms with Crippen LogP contribution >= 0.6 is 0 Å². The molecule has 1 aromatic carbocycles. The smallest absolute Gasteiger partial charge is 0.335 e. The van der Waals surface area contributed by atoms with Gasteiger partial charge in [-0.1, -0.05) is 0 Å². The van der Waals surface area contributed by atoms with Crippen molar-refractivity contribution in [2.45, 2.75) is 6.92 Å². The molecular formula is C10H8N2O2. The van der Waals surface area contributed by atoms with Gasteiger partial charge in [-0.15, -0.1) is 0 Å². The molecule has 0 spiro atoms. The molecule has 1 aromatic heterocycles. The van der Waals surface area contributed by atoms with Gasteiger partial charge >= 0.3 is 5.97 Å². The van der Waals surface area contributed by atoms with Crippen LogP contribution in [0.3, 0.4) is 0 Å². The zero-order valence-electron chi connectivity index (χ0n) is 7.56. The van der Waals surface area contributed by atoms with Gasteiger partial charge in [0.15, 0.2) is 0 Å². The molecular weight excluding hydrogens is 180 g/mol. The number of carboxylic acids is 1. The van der Waals surface area contributed by atoms with Crippen LogP contribution in [0.2, 0.25) is 0 Å². The van der Waals surface area contributed by atoms with Crippen molar-refractivity contribution in [3.8, 4) is 0 Å². The fraction of sp³-hybridized carbons (Fsp3) is 0.100. The lowest BCUT2D eigenvalue weighted by Crippen LogP contribution is -1.96. The van der Waals surface area contributed by atoms with Crippen molar-refractivity contribution in [2.75, 3.05) is 0 Å². The molecule has 0 atom stereocenters. The molecule has 4 nitrogen and oxygen atoms in total. The first-order valence-electron chi connectivity index (χ1n) is 4.14. The number of hydrogen-bond donors (Lipinski definition) is 1. The molecule has 70 valence electrons. The van der Waals surface area contributed by atoms with Gasteiger partial charge in [-0.3, -0.25) is 0 Å². The van der Waals surface area contributed by atoms with Crippen molar-refractivity contribution in [1.82, 2.24) is 10.2 Å². The zero-order chi connectivity index (χ0) is 10.1. The Morgan fingerprint density at radius 2 is 2.21 bits per heavy atom. The minimum atomic E-state index is -0.928. The number of benzene rings is 1. The van der Waals surface area contributed by atoms with E-state index in [0.29, 0.717) is 0 Å². The highest BCUT2D eigenvalue weighted by Gasteiger charge is 2.05.